The van der Waals surface area contributed by atoms with Gasteiger partial charge >= 0.3 is 0 Å². The molecule has 0 bridgehead atoms. The summed E-state index contributed by atoms with van der Waals surface area (Å²) < 4.78 is 2.98. The van der Waals surface area contributed by atoms with Gasteiger partial charge in [0.1, 0.15) is 16.8 Å². The van der Waals surface area contributed by atoms with Crippen LogP contribution in [0.4, 0.5) is 0 Å². The van der Waals surface area contributed by atoms with Crippen molar-refractivity contribution in [2.75, 3.05) is 6.54 Å². The third kappa shape index (κ3) is 3.49. The molecule has 3 aromatic heterocycles. The molecule has 0 aromatic carbocycles. The molecule has 0 saturated heterocycles. The van der Waals surface area contributed by atoms with E-state index in [-0.39, 0.29) is 22.5 Å². The van der Waals surface area contributed by atoms with Gasteiger partial charge in [0, 0.05) is 19.8 Å². The average Bonchev–Trinajstić information content (AvgIpc) is 2.65. The fraction of sp³-hybridized carbons (Fsp3) is 0.400. The van der Waals surface area contributed by atoms with E-state index in [9.17, 15) is 9.59 Å². The minimum absolute atomic E-state index is 0.0402. The van der Waals surface area contributed by atoms with Crippen LogP contribution in [-0.4, -0.2) is 26.4 Å². The minimum Gasteiger partial charge on any atom is -0.352 e. The molecule has 3 rings (SSSR count). The fourth-order valence-electron chi connectivity index (χ4n) is 3.20. The summed E-state index contributed by atoms with van der Waals surface area (Å²) in [6.45, 7) is 4.58. The quantitative estimate of drug-likeness (QED) is 0.517. The van der Waals surface area contributed by atoms with Crippen LogP contribution in [0.2, 0.25) is 0 Å². The SMILES string of the molecule is CCCCCCNC(=O)c1cc2c(=O)n3cccc(C)c3nc2n(C)c1=N. The van der Waals surface area contributed by atoms with Gasteiger partial charge in [0.15, 0.2) is 0 Å². The van der Waals surface area contributed by atoms with E-state index in [1.807, 2.05) is 13.0 Å². The summed E-state index contributed by atoms with van der Waals surface area (Å²) in [5.41, 5.74) is 1.81. The first-order chi connectivity index (χ1) is 13.0. The second-order valence-corrected chi connectivity index (χ2v) is 6.82. The van der Waals surface area contributed by atoms with Crippen molar-refractivity contribution in [3.8, 4) is 0 Å². The summed E-state index contributed by atoms with van der Waals surface area (Å²) in [5, 5.41) is 11.5. The number of hydrogen-bond acceptors (Lipinski definition) is 4. The van der Waals surface area contributed by atoms with Gasteiger partial charge in [-0.15, -0.1) is 0 Å². The number of carbonyl (C=O) groups excluding carboxylic acids is 1. The molecule has 1 amide bonds. The lowest BCUT2D eigenvalue weighted by molar-refractivity contribution is 0.0950. The van der Waals surface area contributed by atoms with Crippen molar-refractivity contribution in [1.29, 1.82) is 5.41 Å². The van der Waals surface area contributed by atoms with E-state index in [2.05, 4.69) is 17.2 Å². The molecule has 0 saturated carbocycles. The first-order valence-electron chi connectivity index (χ1n) is 9.30. The topological polar surface area (TPSA) is 92.2 Å². The second kappa shape index (κ2) is 7.73. The van der Waals surface area contributed by atoms with Crippen LogP contribution in [0.5, 0.6) is 0 Å². The Morgan fingerprint density at radius 1 is 1.26 bits per heavy atom. The zero-order valence-corrected chi connectivity index (χ0v) is 16.0. The molecule has 0 radical (unpaired) electrons. The molecule has 0 aliphatic carbocycles. The number of carbonyl (C=O) groups is 1. The molecule has 0 unspecified atom stereocenters. The number of hydrogen-bond donors (Lipinski definition) is 2. The zero-order valence-electron chi connectivity index (χ0n) is 16.0. The van der Waals surface area contributed by atoms with E-state index in [1.54, 1.807) is 19.3 Å². The number of nitrogens with one attached hydrogen (secondary N) is 2. The monoisotopic (exact) mass is 367 g/mol. The van der Waals surface area contributed by atoms with Crippen LogP contribution in [0.1, 0.15) is 48.5 Å². The lowest BCUT2D eigenvalue weighted by atomic mass is 10.1. The lowest BCUT2D eigenvalue weighted by Gasteiger charge is -2.12. The summed E-state index contributed by atoms with van der Waals surface area (Å²) in [6, 6.07) is 5.17. The molecule has 2 N–H and O–H groups in total. The molecule has 142 valence electrons. The number of unbranched alkanes of at least 4 members (excludes halogenated alkanes) is 3. The van der Waals surface area contributed by atoms with E-state index >= 15 is 0 Å². The van der Waals surface area contributed by atoms with Crippen LogP contribution in [0.3, 0.4) is 0 Å². The largest absolute Gasteiger partial charge is 0.352 e. The molecular weight excluding hydrogens is 342 g/mol. The highest BCUT2D eigenvalue weighted by Crippen LogP contribution is 2.11. The van der Waals surface area contributed by atoms with Crippen molar-refractivity contribution in [1.82, 2.24) is 19.3 Å². The van der Waals surface area contributed by atoms with Gasteiger partial charge in [-0.1, -0.05) is 32.3 Å². The van der Waals surface area contributed by atoms with Crippen molar-refractivity contribution in [3.05, 3.63) is 51.4 Å². The van der Waals surface area contributed by atoms with Gasteiger partial charge in [-0.25, -0.2) is 4.98 Å². The highest BCUT2D eigenvalue weighted by Gasteiger charge is 2.16. The van der Waals surface area contributed by atoms with E-state index in [1.165, 1.54) is 15.0 Å². The lowest BCUT2D eigenvalue weighted by Crippen LogP contribution is -2.34. The van der Waals surface area contributed by atoms with Crippen LogP contribution in [0.15, 0.2) is 29.2 Å². The van der Waals surface area contributed by atoms with E-state index in [4.69, 9.17) is 5.41 Å². The predicted octanol–water partition coefficient (Wildman–Crippen LogP) is 2.28. The van der Waals surface area contributed by atoms with Crippen molar-refractivity contribution < 1.29 is 4.79 Å². The molecule has 27 heavy (non-hydrogen) atoms. The van der Waals surface area contributed by atoms with Gasteiger partial charge in [0.25, 0.3) is 11.5 Å². The number of nitrogens with zero attached hydrogens (tertiary/aromatic N) is 3. The number of aryl methyl sites for hydroxylation is 2. The highest BCUT2D eigenvalue weighted by atomic mass is 16.1. The Hall–Kier alpha value is -2.96. The molecular formula is C20H25N5O2. The maximum Gasteiger partial charge on any atom is 0.267 e. The molecule has 0 atom stereocenters. The Morgan fingerprint density at radius 3 is 2.78 bits per heavy atom. The second-order valence-electron chi connectivity index (χ2n) is 6.82. The van der Waals surface area contributed by atoms with Crippen LogP contribution in [-0.2, 0) is 7.05 Å². The predicted molar refractivity (Wildman–Crippen MR) is 105 cm³/mol. The van der Waals surface area contributed by atoms with E-state index < -0.39 is 0 Å². The summed E-state index contributed by atoms with van der Waals surface area (Å²) in [7, 11) is 1.66. The Morgan fingerprint density at radius 2 is 2.04 bits per heavy atom. The number of amides is 1. The molecule has 0 aliphatic rings. The average molecular weight is 367 g/mol. The Kier molecular flexibility index (Phi) is 5.39. The number of pyridine rings is 2. The summed E-state index contributed by atoms with van der Waals surface area (Å²) in [6.07, 6.45) is 5.90. The smallest absolute Gasteiger partial charge is 0.267 e. The van der Waals surface area contributed by atoms with E-state index in [0.717, 1.165) is 31.2 Å². The maximum atomic E-state index is 12.9. The molecule has 0 fully saturated rings. The number of aromatic nitrogens is 3. The summed E-state index contributed by atoms with van der Waals surface area (Å²) in [4.78, 5) is 30.0. The van der Waals surface area contributed by atoms with Crippen molar-refractivity contribution in [2.24, 2.45) is 7.05 Å². The van der Waals surface area contributed by atoms with Gasteiger partial charge in [-0.2, -0.15) is 0 Å². The minimum atomic E-state index is -0.331. The van der Waals surface area contributed by atoms with Crippen LogP contribution >= 0.6 is 0 Å². The third-order valence-electron chi connectivity index (χ3n) is 4.82. The maximum absolute atomic E-state index is 12.9. The highest BCUT2D eigenvalue weighted by molar-refractivity contribution is 5.96. The normalized spacial score (nSPS) is 11.2. The van der Waals surface area contributed by atoms with Crippen LogP contribution in [0.25, 0.3) is 16.7 Å². The van der Waals surface area contributed by atoms with Crippen molar-refractivity contribution in [3.63, 3.8) is 0 Å². The molecule has 3 aromatic rings. The first-order valence-corrected chi connectivity index (χ1v) is 9.30. The van der Waals surface area contributed by atoms with Crippen molar-refractivity contribution in [2.45, 2.75) is 39.5 Å². The molecule has 0 aliphatic heterocycles. The number of fused-ring (bicyclic) bond motifs is 2. The zero-order chi connectivity index (χ0) is 19.6. The van der Waals surface area contributed by atoms with Gasteiger partial charge in [-0.05, 0) is 31.0 Å². The van der Waals surface area contributed by atoms with Gasteiger partial charge in [0.2, 0.25) is 0 Å². The summed E-state index contributed by atoms with van der Waals surface area (Å²) >= 11 is 0. The van der Waals surface area contributed by atoms with Crippen LogP contribution in [0, 0.1) is 12.3 Å². The van der Waals surface area contributed by atoms with E-state index in [0.29, 0.717) is 23.2 Å². The molecule has 7 heteroatoms. The fourth-order valence-corrected chi connectivity index (χ4v) is 3.20. The molecule has 0 spiro atoms. The Balaban J connectivity index is 2.06. The Bertz CT molecular complexity index is 1130. The standard InChI is InChI=1S/C20H25N5O2/c1-4-5-6-7-10-22-19(26)14-12-15-18(24(3)16(14)21)23-17-13(2)9-8-11-25(17)20(15)27/h8-9,11-12,21H,4-7,10H2,1-3H3,(H,22,26). The third-order valence-corrected chi connectivity index (χ3v) is 4.82. The summed E-state index contributed by atoms with van der Waals surface area (Å²) in [5.74, 6) is -0.331. The van der Waals surface area contributed by atoms with Crippen LogP contribution < -0.4 is 16.4 Å². The first kappa shape index (κ1) is 18.8. The van der Waals surface area contributed by atoms with Gasteiger partial charge in [0.05, 0.1) is 10.9 Å². The molecule has 7 nitrogen and oxygen atoms in total. The van der Waals surface area contributed by atoms with Gasteiger partial charge < -0.3 is 9.88 Å². The molecule has 3 heterocycles. The van der Waals surface area contributed by atoms with Gasteiger partial charge in [-0.3, -0.25) is 19.4 Å². The number of rotatable bonds is 6. The van der Waals surface area contributed by atoms with Crippen molar-refractivity contribution >= 4 is 22.6 Å². The Labute approximate surface area is 157 Å².